The molecule has 42 heavy (non-hydrogen) atoms. The van der Waals surface area contributed by atoms with Gasteiger partial charge < -0.3 is 0 Å². The average Bonchev–Trinajstić information content (AvgIpc) is 3.61. The Hall–Kier alpha value is -5.26. The SMILES string of the molecule is N#Cc1ccc(C#N)c(-c2cc(-c3ccc4sc5ccccc5c4c3)cc(-c3ccc4sc5ccccc5c4c3)c2)c1. The summed E-state index contributed by atoms with van der Waals surface area (Å²) < 4.78 is 5.09. The Kier molecular flexibility index (Phi) is 5.66. The van der Waals surface area contributed by atoms with Gasteiger partial charge in [-0.3, -0.25) is 0 Å². The third-order valence-corrected chi connectivity index (χ3v) is 10.2. The number of rotatable bonds is 3. The van der Waals surface area contributed by atoms with Crippen molar-refractivity contribution in [3.05, 3.63) is 132 Å². The van der Waals surface area contributed by atoms with Crippen molar-refractivity contribution in [1.82, 2.24) is 0 Å². The average molecular weight is 569 g/mol. The lowest BCUT2D eigenvalue weighted by Crippen LogP contribution is -1.90. The van der Waals surface area contributed by atoms with Crippen LogP contribution in [0.2, 0.25) is 0 Å². The number of hydrogen-bond acceptors (Lipinski definition) is 4. The summed E-state index contributed by atoms with van der Waals surface area (Å²) in [6.07, 6.45) is 0. The first-order valence-corrected chi connectivity index (χ1v) is 15.2. The minimum Gasteiger partial charge on any atom is -0.192 e. The molecule has 6 aromatic carbocycles. The summed E-state index contributed by atoms with van der Waals surface area (Å²) in [7, 11) is 0. The monoisotopic (exact) mass is 568 g/mol. The van der Waals surface area contributed by atoms with E-state index in [1.54, 1.807) is 12.1 Å². The van der Waals surface area contributed by atoms with E-state index in [1.165, 1.54) is 40.3 Å². The van der Waals surface area contributed by atoms with Gasteiger partial charge >= 0.3 is 0 Å². The second-order valence-corrected chi connectivity index (χ2v) is 12.6. The summed E-state index contributed by atoms with van der Waals surface area (Å²) in [4.78, 5) is 0. The zero-order valence-electron chi connectivity index (χ0n) is 22.3. The predicted molar refractivity (Wildman–Crippen MR) is 178 cm³/mol. The fraction of sp³-hybridized carbons (Fsp3) is 0. The highest BCUT2D eigenvalue weighted by molar-refractivity contribution is 7.26. The van der Waals surface area contributed by atoms with Crippen molar-refractivity contribution in [2.75, 3.05) is 0 Å². The van der Waals surface area contributed by atoms with Crippen molar-refractivity contribution in [3.63, 3.8) is 0 Å². The highest BCUT2D eigenvalue weighted by Gasteiger charge is 2.14. The number of nitriles is 2. The molecule has 0 aliphatic heterocycles. The van der Waals surface area contributed by atoms with Crippen molar-refractivity contribution >= 4 is 63.0 Å². The third kappa shape index (κ3) is 3.98. The first-order valence-electron chi connectivity index (χ1n) is 13.6. The number of thiophene rings is 2. The van der Waals surface area contributed by atoms with Crippen molar-refractivity contribution in [2.24, 2.45) is 0 Å². The van der Waals surface area contributed by atoms with E-state index in [2.05, 4.69) is 115 Å². The van der Waals surface area contributed by atoms with Crippen molar-refractivity contribution < 1.29 is 0 Å². The zero-order chi connectivity index (χ0) is 28.2. The molecule has 2 heterocycles. The van der Waals surface area contributed by atoms with Gasteiger partial charge in [-0.15, -0.1) is 22.7 Å². The lowest BCUT2D eigenvalue weighted by Gasteiger charge is -2.13. The van der Waals surface area contributed by atoms with Crippen molar-refractivity contribution in [1.29, 1.82) is 10.5 Å². The summed E-state index contributed by atoms with van der Waals surface area (Å²) in [5.41, 5.74) is 7.15. The molecule has 0 spiro atoms. The molecule has 0 N–H and O–H groups in total. The van der Waals surface area contributed by atoms with E-state index in [-0.39, 0.29) is 0 Å². The van der Waals surface area contributed by atoms with Gasteiger partial charge in [0.05, 0.1) is 23.3 Å². The maximum absolute atomic E-state index is 9.98. The van der Waals surface area contributed by atoms with Gasteiger partial charge in [-0.1, -0.05) is 48.5 Å². The van der Waals surface area contributed by atoms with E-state index < -0.39 is 0 Å². The Balaban J connectivity index is 1.38. The maximum atomic E-state index is 9.98. The first kappa shape index (κ1) is 24.5. The zero-order valence-corrected chi connectivity index (χ0v) is 23.9. The summed E-state index contributed by atoms with van der Waals surface area (Å²) in [5.74, 6) is 0. The number of benzene rings is 6. The Morgan fingerprint density at radius 2 is 0.929 bits per heavy atom. The van der Waals surface area contributed by atoms with Crippen LogP contribution < -0.4 is 0 Å². The lowest BCUT2D eigenvalue weighted by atomic mass is 9.90. The molecule has 0 bridgehead atoms. The molecule has 0 fully saturated rings. The Morgan fingerprint density at radius 3 is 1.48 bits per heavy atom. The maximum Gasteiger partial charge on any atom is 0.0998 e. The van der Waals surface area contributed by atoms with E-state index in [0.717, 1.165) is 33.4 Å². The molecule has 2 aromatic heterocycles. The molecule has 0 saturated heterocycles. The van der Waals surface area contributed by atoms with Crippen LogP contribution in [0.3, 0.4) is 0 Å². The normalized spacial score (nSPS) is 11.3. The molecule has 0 aliphatic carbocycles. The summed E-state index contributed by atoms with van der Waals surface area (Å²) in [5, 5.41) is 24.6. The third-order valence-electron chi connectivity index (χ3n) is 7.93. The highest BCUT2D eigenvalue weighted by Crippen LogP contribution is 2.41. The van der Waals surface area contributed by atoms with Gasteiger partial charge in [0, 0.05) is 45.9 Å². The first-order chi connectivity index (χ1) is 20.7. The second kappa shape index (κ2) is 9.68. The molecule has 2 nitrogen and oxygen atoms in total. The van der Waals surface area contributed by atoms with E-state index >= 15 is 0 Å². The van der Waals surface area contributed by atoms with Crippen LogP contribution in [0.5, 0.6) is 0 Å². The Morgan fingerprint density at radius 1 is 0.405 bits per heavy atom. The van der Waals surface area contributed by atoms with Gasteiger partial charge in [0.25, 0.3) is 0 Å². The Labute approximate surface area is 250 Å². The van der Waals surface area contributed by atoms with Crippen LogP contribution in [0.25, 0.3) is 73.7 Å². The van der Waals surface area contributed by atoms with Crippen molar-refractivity contribution in [2.45, 2.75) is 0 Å². The fourth-order valence-corrected chi connectivity index (χ4v) is 8.05. The molecule has 8 rings (SSSR count). The minimum atomic E-state index is 0.535. The molecule has 4 heteroatoms. The van der Waals surface area contributed by atoms with Gasteiger partial charge in [-0.25, -0.2) is 0 Å². The molecule has 8 aromatic rings. The van der Waals surface area contributed by atoms with Crippen LogP contribution in [0, 0.1) is 22.7 Å². The fourth-order valence-electron chi connectivity index (χ4n) is 5.88. The van der Waals surface area contributed by atoms with Crippen LogP contribution in [0.4, 0.5) is 0 Å². The molecule has 0 aliphatic rings. The number of nitrogens with zero attached hydrogens (tertiary/aromatic N) is 2. The van der Waals surface area contributed by atoms with E-state index in [9.17, 15) is 10.5 Å². The van der Waals surface area contributed by atoms with Gasteiger partial charge in [-0.2, -0.15) is 10.5 Å². The quantitative estimate of drug-likeness (QED) is 0.213. The van der Waals surface area contributed by atoms with Crippen LogP contribution in [-0.2, 0) is 0 Å². The Bertz CT molecular complexity index is 2310. The lowest BCUT2D eigenvalue weighted by molar-refractivity contribution is 1.45. The summed E-state index contributed by atoms with van der Waals surface area (Å²) >= 11 is 3.62. The molecule has 0 unspecified atom stereocenters. The van der Waals surface area contributed by atoms with Crippen LogP contribution in [0.15, 0.2) is 121 Å². The molecule has 0 atom stereocenters. The van der Waals surface area contributed by atoms with E-state index in [4.69, 9.17) is 0 Å². The molecule has 0 radical (unpaired) electrons. The second-order valence-electron chi connectivity index (χ2n) is 10.4. The van der Waals surface area contributed by atoms with Crippen molar-refractivity contribution in [3.8, 4) is 45.5 Å². The molecule has 194 valence electrons. The number of hydrogen-bond donors (Lipinski definition) is 0. The largest absolute Gasteiger partial charge is 0.192 e. The van der Waals surface area contributed by atoms with Crippen LogP contribution in [0.1, 0.15) is 11.1 Å². The standard InChI is InChI=1S/C38H20N2S2/c39-21-23-9-10-26(22-40)32(15-23)29-17-27(24-11-13-37-33(19-24)30-5-1-3-7-35(30)41-37)16-28(18-29)25-12-14-38-34(20-25)31-6-2-4-8-36(31)42-38/h1-20H. The van der Waals surface area contributed by atoms with Crippen LogP contribution >= 0.6 is 22.7 Å². The molecule has 0 saturated carbocycles. The van der Waals surface area contributed by atoms with Gasteiger partial charge in [0.2, 0.25) is 0 Å². The molecular weight excluding hydrogens is 549 g/mol. The molecular formula is C38H20N2S2. The van der Waals surface area contributed by atoms with E-state index in [1.807, 2.05) is 28.7 Å². The predicted octanol–water partition coefficient (Wildman–Crippen LogP) is 11.2. The van der Waals surface area contributed by atoms with Gasteiger partial charge in [0.15, 0.2) is 0 Å². The minimum absolute atomic E-state index is 0.535. The molecule has 0 amide bonds. The summed E-state index contributed by atoms with van der Waals surface area (Å²) in [6, 6.07) is 46.8. The van der Waals surface area contributed by atoms with Gasteiger partial charge in [0.1, 0.15) is 0 Å². The highest BCUT2D eigenvalue weighted by atomic mass is 32.1. The smallest absolute Gasteiger partial charge is 0.0998 e. The van der Waals surface area contributed by atoms with Gasteiger partial charge in [-0.05, 0) is 101 Å². The summed E-state index contributed by atoms with van der Waals surface area (Å²) in [6.45, 7) is 0. The van der Waals surface area contributed by atoms with E-state index in [0.29, 0.717) is 11.1 Å². The van der Waals surface area contributed by atoms with Crippen LogP contribution in [-0.4, -0.2) is 0 Å². The topological polar surface area (TPSA) is 47.6 Å². The number of fused-ring (bicyclic) bond motifs is 6.